The van der Waals surface area contributed by atoms with Crippen LogP contribution in [0, 0.1) is 11.7 Å². The maximum atomic E-state index is 13.6. The largest absolute Gasteiger partial charge is 0.383 e. The van der Waals surface area contributed by atoms with Gasteiger partial charge in [-0.2, -0.15) is 0 Å². The van der Waals surface area contributed by atoms with E-state index in [0.29, 0.717) is 30.0 Å². The molecule has 1 aliphatic rings. The molecule has 3 rings (SSSR count). The van der Waals surface area contributed by atoms with Gasteiger partial charge in [-0.25, -0.2) is 4.39 Å². The number of hydrogen-bond acceptors (Lipinski definition) is 4. The number of nitrogens with one attached hydrogen (secondary N) is 1. The minimum absolute atomic E-state index is 0.236. The molecule has 1 fully saturated rings. The van der Waals surface area contributed by atoms with Crippen LogP contribution >= 0.6 is 0 Å². The van der Waals surface area contributed by atoms with E-state index in [-0.39, 0.29) is 17.0 Å². The van der Waals surface area contributed by atoms with Gasteiger partial charge in [-0.05, 0) is 37.1 Å². The van der Waals surface area contributed by atoms with E-state index < -0.39 is 5.82 Å². The zero-order valence-corrected chi connectivity index (χ0v) is 15.1. The Kier molecular flexibility index (Phi) is 5.68. The van der Waals surface area contributed by atoms with Gasteiger partial charge in [-0.15, -0.1) is 0 Å². The number of ether oxygens (including phenoxy) is 1. The van der Waals surface area contributed by atoms with Gasteiger partial charge in [0.2, 0.25) is 5.56 Å². The average molecular weight is 361 g/mol. The zero-order chi connectivity index (χ0) is 18.7. The summed E-state index contributed by atoms with van der Waals surface area (Å²) in [6.07, 6.45) is 1.02. The number of halogens is 1. The Bertz CT molecular complexity index is 852. The molecule has 140 valence electrons. The number of carbonyl (C=O) groups excluding carboxylic acids is 1. The zero-order valence-electron chi connectivity index (χ0n) is 15.1. The normalized spacial score (nSPS) is 17.7. The summed E-state index contributed by atoms with van der Waals surface area (Å²) in [5.41, 5.74) is 0.328. The lowest BCUT2D eigenvalue weighted by Crippen LogP contribution is -2.34. The SMILES string of the molecule is COCCN1CCC(CN(C)C(=O)c2cc(=O)[nH]c3ccc(F)cc23)C1. The number of rotatable bonds is 6. The topological polar surface area (TPSA) is 65.6 Å². The lowest BCUT2D eigenvalue weighted by Gasteiger charge is -2.22. The molecule has 0 saturated carbocycles. The second kappa shape index (κ2) is 7.97. The van der Waals surface area contributed by atoms with Gasteiger partial charge < -0.3 is 19.5 Å². The molecule has 1 N–H and O–H groups in total. The van der Waals surface area contributed by atoms with Gasteiger partial charge >= 0.3 is 0 Å². The fraction of sp³-hybridized carbons (Fsp3) is 0.474. The van der Waals surface area contributed by atoms with Crippen molar-refractivity contribution in [2.75, 3.05) is 46.9 Å². The van der Waals surface area contributed by atoms with Gasteiger partial charge in [-0.3, -0.25) is 9.59 Å². The Morgan fingerprint density at radius 3 is 3.00 bits per heavy atom. The molecular formula is C19H24FN3O3. The number of H-pyrrole nitrogens is 1. The monoisotopic (exact) mass is 361 g/mol. The summed E-state index contributed by atoms with van der Waals surface area (Å²) in [5.74, 6) is -0.321. The predicted molar refractivity (Wildman–Crippen MR) is 97.9 cm³/mol. The Hall–Kier alpha value is -2.25. The van der Waals surface area contributed by atoms with E-state index in [0.717, 1.165) is 26.1 Å². The molecule has 0 spiro atoms. The highest BCUT2D eigenvalue weighted by atomic mass is 19.1. The van der Waals surface area contributed by atoms with Crippen molar-refractivity contribution in [2.45, 2.75) is 6.42 Å². The number of methoxy groups -OCH3 is 1. The van der Waals surface area contributed by atoms with Gasteiger partial charge in [0.1, 0.15) is 5.82 Å². The molecule has 26 heavy (non-hydrogen) atoms. The van der Waals surface area contributed by atoms with Gasteiger partial charge in [0.25, 0.3) is 5.91 Å². The second-order valence-corrected chi connectivity index (χ2v) is 6.87. The third-order valence-corrected chi connectivity index (χ3v) is 4.90. The molecule has 1 saturated heterocycles. The number of fused-ring (bicyclic) bond motifs is 1. The van der Waals surface area contributed by atoms with Crippen LogP contribution in [-0.2, 0) is 4.74 Å². The number of pyridine rings is 1. The van der Waals surface area contributed by atoms with Crippen molar-refractivity contribution in [2.24, 2.45) is 5.92 Å². The number of amides is 1. The summed E-state index contributed by atoms with van der Waals surface area (Å²) in [7, 11) is 3.42. The maximum absolute atomic E-state index is 13.6. The van der Waals surface area contributed by atoms with E-state index >= 15 is 0 Å². The molecule has 2 aromatic rings. The lowest BCUT2D eigenvalue weighted by molar-refractivity contribution is 0.0773. The van der Waals surface area contributed by atoms with E-state index in [9.17, 15) is 14.0 Å². The number of aromatic amines is 1. The minimum atomic E-state index is -0.439. The first-order valence-corrected chi connectivity index (χ1v) is 8.77. The number of likely N-dealkylation sites (tertiary alicyclic amines) is 1. The fourth-order valence-electron chi connectivity index (χ4n) is 3.56. The van der Waals surface area contributed by atoms with Crippen LogP contribution in [0.25, 0.3) is 10.9 Å². The highest BCUT2D eigenvalue weighted by molar-refractivity contribution is 6.05. The van der Waals surface area contributed by atoms with Crippen LogP contribution in [0.2, 0.25) is 0 Å². The summed E-state index contributed by atoms with van der Waals surface area (Å²) >= 11 is 0. The number of aromatic nitrogens is 1. The third-order valence-electron chi connectivity index (χ3n) is 4.90. The predicted octanol–water partition coefficient (Wildman–Crippen LogP) is 1.71. The van der Waals surface area contributed by atoms with Gasteiger partial charge in [0.15, 0.2) is 0 Å². The van der Waals surface area contributed by atoms with E-state index in [2.05, 4.69) is 9.88 Å². The van der Waals surface area contributed by atoms with Crippen LogP contribution < -0.4 is 5.56 Å². The first-order valence-electron chi connectivity index (χ1n) is 8.77. The van der Waals surface area contributed by atoms with Crippen LogP contribution in [0.5, 0.6) is 0 Å². The summed E-state index contributed by atoms with van der Waals surface area (Å²) in [4.78, 5) is 31.3. The molecular weight excluding hydrogens is 337 g/mol. The first kappa shape index (κ1) is 18.5. The maximum Gasteiger partial charge on any atom is 0.254 e. The quantitative estimate of drug-likeness (QED) is 0.851. The van der Waals surface area contributed by atoms with Crippen molar-refractivity contribution < 1.29 is 13.9 Å². The van der Waals surface area contributed by atoms with Crippen molar-refractivity contribution in [3.8, 4) is 0 Å². The van der Waals surface area contributed by atoms with Crippen LogP contribution in [0.1, 0.15) is 16.8 Å². The van der Waals surface area contributed by atoms with Crippen LogP contribution in [0.4, 0.5) is 4.39 Å². The highest BCUT2D eigenvalue weighted by Crippen LogP contribution is 2.21. The lowest BCUT2D eigenvalue weighted by atomic mass is 10.1. The number of benzene rings is 1. The Morgan fingerprint density at radius 1 is 1.42 bits per heavy atom. The molecule has 0 bridgehead atoms. The molecule has 1 unspecified atom stereocenters. The fourth-order valence-corrected chi connectivity index (χ4v) is 3.56. The molecule has 1 aromatic heterocycles. The van der Waals surface area contributed by atoms with Gasteiger partial charge in [0.05, 0.1) is 12.2 Å². The van der Waals surface area contributed by atoms with Crippen molar-refractivity contribution in [1.29, 1.82) is 0 Å². The van der Waals surface area contributed by atoms with Crippen molar-refractivity contribution in [3.05, 3.63) is 46.0 Å². The summed E-state index contributed by atoms with van der Waals surface area (Å²) < 4.78 is 18.7. The molecule has 2 heterocycles. The third kappa shape index (κ3) is 4.11. The Balaban J connectivity index is 1.74. The Morgan fingerprint density at radius 2 is 2.23 bits per heavy atom. The minimum Gasteiger partial charge on any atom is -0.383 e. The molecule has 7 heteroatoms. The molecule has 0 radical (unpaired) electrons. The number of hydrogen-bond donors (Lipinski definition) is 1. The highest BCUT2D eigenvalue weighted by Gasteiger charge is 2.25. The van der Waals surface area contributed by atoms with Crippen LogP contribution in [-0.4, -0.2) is 67.6 Å². The smallest absolute Gasteiger partial charge is 0.254 e. The van der Waals surface area contributed by atoms with Gasteiger partial charge in [-0.1, -0.05) is 0 Å². The molecule has 0 aliphatic carbocycles. The average Bonchev–Trinajstić information content (AvgIpc) is 3.06. The summed E-state index contributed by atoms with van der Waals surface area (Å²) in [5, 5.41) is 0.426. The van der Waals surface area contributed by atoms with Crippen molar-refractivity contribution >= 4 is 16.8 Å². The number of carbonyl (C=O) groups is 1. The van der Waals surface area contributed by atoms with E-state index in [1.54, 1.807) is 19.1 Å². The van der Waals surface area contributed by atoms with Crippen molar-refractivity contribution in [3.63, 3.8) is 0 Å². The molecule has 1 aromatic carbocycles. The standard InChI is InChI=1S/C19H24FN3O3/c1-22(11-13-5-6-23(12-13)7-8-26-2)19(25)16-10-18(24)21-17-4-3-14(20)9-15(16)17/h3-4,9-10,13H,5-8,11-12H2,1-2H3,(H,21,24). The van der Waals surface area contributed by atoms with Gasteiger partial charge in [0, 0.05) is 50.8 Å². The van der Waals surface area contributed by atoms with Crippen molar-refractivity contribution in [1.82, 2.24) is 14.8 Å². The molecule has 1 aliphatic heterocycles. The second-order valence-electron chi connectivity index (χ2n) is 6.87. The first-order chi connectivity index (χ1) is 12.5. The van der Waals surface area contributed by atoms with Crippen LogP contribution in [0.3, 0.4) is 0 Å². The Labute approximate surface area is 151 Å². The van der Waals surface area contributed by atoms with E-state index in [1.807, 2.05) is 0 Å². The molecule has 1 amide bonds. The number of nitrogens with zero attached hydrogens (tertiary/aromatic N) is 2. The van der Waals surface area contributed by atoms with Crippen LogP contribution in [0.15, 0.2) is 29.1 Å². The van der Waals surface area contributed by atoms with E-state index in [1.165, 1.54) is 24.3 Å². The summed E-state index contributed by atoms with van der Waals surface area (Å²) in [6, 6.07) is 5.28. The van der Waals surface area contributed by atoms with E-state index in [4.69, 9.17) is 4.74 Å². The molecule has 6 nitrogen and oxygen atoms in total. The summed E-state index contributed by atoms with van der Waals surface area (Å²) in [6.45, 7) is 4.11. The molecule has 1 atom stereocenters.